The quantitative estimate of drug-likeness (QED) is 0.756. The molecule has 0 saturated carbocycles. The Morgan fingerprint density at radius 3 is 3.00 bits per heavy atom. The minimum Gasteiger partial charge on any atom is -0.508 e. The lowest BCUT2D eigenvalue weighted by Gasteiger charge is -2.23. The van der Waals surface area contributed by atoms with Gasteiger partial charge in [-0.2, -0.15) is 11.8 Å². The van der Waals surface area contributed by atoms with Gasteiger partial charge in [0.2, 0.25) is 0 Å². The molecule has 1 saturated heterocycles. The van der Waals surface area contributed by atoms with Gasteiger partial charge in [0.1, 0.15) is 5.75 Å². The lowest BCUT2D eigenvalue weighted by molar-refractivity contribution is 0.471. The van der Waals surface area contributed by atoms with Gasteiger partial charge in [0.25, 0.3) is 0 Å². The monoisotopic (exact) mass is 223 g/mol. The molecule has 1 aliphatic heterocycles. The summed E-state index contributed by atoms with van der Waals surface area (Å²) in [6, 6.07) is 6.30. The Morgan fingerprint density at radius 2 is 2.33 bits per heavy atom. The first-order chi connectivity index (χ1) is 7.25. The molecule has 0 radical (unpaired) electrons. The maximum atomic E-state index is 9.42. The predicted octanol–water partition coefficient (Wildman–Crippen LogP) is 3.01. The highest BCUT2D eigenvalue weighted by molar-refractivity contribution is 7.99. The van der Waals surface area contributed by atoms with E-state index in [4.69, 9.17) is 0 Å². The molecule has 0 aromatic heterocycles. The van der Waals surface area contributed by atoms with Crippen LogP contribution in [0.3, 0.4) is 0 Å². The van der Waals surface area contributed by atoms with Crippen LogP contribution in [0, 0.1) is 6.92 Å². The molecule has 82 valence electrons. The first kappa shape index (κ1) is 10.7. The number of anilines is 1. The summed E-state index contributed by atoms with van der Waals surface area (Å²) in [6.45, 7) is 1.93. The minimum absolute atomic E-state index is 0.374. The highest BCUT2D eigenvalue weighted by Crippen LogP contribution is 2.24. The highest BCUT2D eigenvalue weighted by Gasteiger charge is 2.13. The van der Waals surface area contributed by atoms with Crippen molar-refractivity contribution in [2.24, 2.45) is 0 Å². The van der Waals surface area contributed by atoms with Crippen LogP contribution >= 0.6 is 11.8 Å². The molecule has 2 N–H and O–H groups in total. The molecule has 2 nitrogen and oxygen atoms in total. The van der Waals surface area contributed by atoms with Gasteiger partial charge in [0.15, 0.2) is 0 Å². The molecule has 1 heterocycles. The first-order valence-corrected chi connectivity index (χ1v) is 6.55. The third kappa shape index (κ3) is 2.81. The summed E-state index contributed by atoms with van der Waals surface area (Å²) in [5.74, 6) is 2.87. The van der Waals surface area contributed by atoms with Gasteiger partial charge in [-0.1, -0.05) is 0 Å². The van der Waals surface area contributed by atoms with E-state index in [9.17, 15) is 5.11 Å². The van der Waals surface area contributed by atoms with Crippen LogP contribution in [-0.4, -0.2) is 22.7 Å². The number of phenolic OH excluding ortho intramolecular Hbond substituents is 1. The van der Waals surface area contributed by atoms with E-state index in [2.05, 4.69) is 5.32 Å². The van der Waals surface area contributed by atoms with Crippen molar-refractivity contribution in [3.8, 4) is 5.75 Å². The van der Waals surface area contributed by atoms with E-state index in [0.717, 1.165) is 11.3 Å². The van der Waals surface area contributed by atoms with Crippen LogP contribution in [0.15, 0.2) is 18.2 Å². The number of rotatable bonds is 2. The Morgan fingerprint density at radius 1 is 1.47 bits per heavy atom. The summed E-state index contributed by atoms with van der Waals surface area (Å²) in [5.41, 5.74) is 2.06. The van der Waals surface area contributed by atoms with Crippen LogP contribution < -0.4 is 5.32 Å². The van der Waals surface area contributed by atoms with E-state index in [1.165, 1.54) is 24.3 Å². The number of hydrogen-bond acceptors (Lipinski definition) is 3. The molecule has 0 aliphatic carbocycles. The second kappa shape index (κ2) is 4.79. The van der Waals surface area contributed by atoms with Crippen molar-refractivity contribution in [3.63, 3.8) is 0 Å². The van der Waals surface area contributed by atoms with Crippen molar-refractivity contribution in [2.75, 3.05) is 16.8 Å². The van der Waals surface area contributed by atoms with Crippen LogP contribution in [0.2, 0.25) is 0 Å². The molecule has 1 fully saturated rings. The summed E-state index contributed by atoms with van der Waals surface area (Å²) in [5, 5.41) is 12.9. The average Bonchev–Trinajstić information content (AvgIpc) is 2.25. The van der Waals surface area contributed by atoms with E-state index in [-0.39, 0.29) is 0 Å². The Balaban J connectivity index is 2.00. The van der Waals surface area contributed by atoms with Crippen molar-refractivity contribution in [1.29, 1.82) is 0 Å². The van der Waals surface area contributed by atoms with Gasteiger partial charge in [-0.05, 0) is 49.3 Å². The topological polar surface area (TPSA) is 32.3 Å². The van der Waals surface area contributed by atoms with Crippen molar-refractivity contribution < 1.29 is 5.11 Å². The van der Waals surface area contributed by atoms with Gasteiger partial charge in [-0.3, -0.25) is 0 Å². The summed E-state index contributed by atoms with van der Waals surface area (Å²) >= 11 is 2.02. The minimum atomic E-state index is 0.374. The maximum absolute atomic E-state index is 9.42. The third-order valence-electron chi connectivity index (χ3n) is 2.73. The number of aryl methyl sites for hydroxylation is 1. The van der Waals surface area contributed by atoms with Gasteiger partial charge in [0, 0.05) is 17.5 Å². The fourth-order valence-electron chi connectivity index (χ4n) is 1.84. The number of aromatic hydroxyl groups is 1. The van der Waals surface area contributed by atoms with Gasteiger partial charge >= 0.3 is 0 Å². The number of hydrogen-bond donors (Lipinski definition) is 2. The van der Waals surface area contributed by atoms with Crippen LogP contribution in [0.4, 0.5) is 5.69 Å². The summed E-state index contributed by atoms with van der Waals surface area (Å²) < 4.78 is 0. The Labute approximate surface area is 95.1 Å². The average molecular weight is 223 g/mol. The van der Waals surface area contributed by atoms with Crippen molar-refractivity contribution in [2.45, 2.75) is 25.8 Å². The lowest BCUT2D eigenvalue weighted by Crippen LogP contribution is -2.25. The fraction of sp³-hybridized carbons (Fsp3) is 0.500. The molecule has 1 aromatic rings. The maximum Gasteiger partial charge on any atom is 0.118 e. The summed E-state index contributed by atoms with van der Waals surface area (Å²) in [7, 11) is 0. The summed E-state index contributed by atoms with van der Waals surface area (Å²) in [6.07, 6.45) is 2.56. The van der Waals surface area contributed by atoms with Gasteiger partial charge < -0.3 is 10.4 Å². The molecule has 1 aliphatic rings. The fourth-order valence-corrected chi connectivity index (χ4v) is 2.91. The van der Waals surface area contributed by atoms with Crippen molar-refractivity contribution >= 4 is 17.4 Å². The first-order valence-electron chi connectivity index (χ1n) is 5.39. The van der Waals surface area contributed by atoms with E-state index in [0.29, 0.717) is 11.8 Å². The molecule has 0 spiro atoms. The Hall–Kier alpha value is -0.830. The van der Waals surface area contributed by atoms with E-state index in [1.807, 2.05) is 30.8 Å². The van der Waals surface area contributed by atoms with Gasteiger partial charge in [-0.15, -0.1) is 0 Å². The standard InChI is InChI=1S/C12H17NOS/c1-9-7-10(4-5-12(9)14)13-11-3-2-6-15-8-11/h4-5,7,11,13-14H,2-3,6,8H2,1H3. The molecule has 3 heteroatoms. The largest absolute Gasteiger partial charge is 0.508 e. The normalized spacial score (nSPS) is 21.3. The molecular formula is C12H17NOS. The zero-order valence-electron chi connectivity index (χ0n) is 8.99. The number of nitrogens with one attached hydrogen (secondary N) is 1. The van der Waals surface area contributed by atoms with E-state index in [1.54, 1.807) is 6.07 Å². The number of thioether (sulfide) groups is 1. The zero-order valence-corrected chi connectivity index (χ0v) is 9.81. The number of benzene rings is 1. The predicted molar refractivity (Wildman–Crippen MR) is 66.8 cm³/mol. The second-order valence-electron chi connectivity index (χ2n) is 4.06. The van der Waals surface area contributed by atoms with Crippen molar-refractivity contribution in [3.05, 3.63) is 23.8 Å². The zero-order chi connectivity index (χ0) is 10.7. The molecule has 1 aromatic carbocycles. The molecule has 1 unspecified atom stereocenters. The van der Waals surface area contributed by atoms with E-state index < -0.39 is 0 Å². The van der Waals surface area contributed by atoms with Gasteiger partial charge in [-0.25, -0.2) is 0 Å². The van der Waals surface area contributed by atoms with E-state index >= 15 is 0 Å². The third-order valence-corrected chi connectivity index (χ3v) is 3.94. The smallest absolute Gasteiger partial charge is 0.118 e. The van der Waals surface area contributed by atoms with Crippen LogP contribution in [0.25, 0.3) is 0 Å². The van der Waals surface area contributed by atoms with Crippen LogP contribution in [0.5, 0.6) is 5.75 Å². The highest BCUT2D eigenvalue weighted by atomic mass is 32.2. The molecular weight excluding hydrogens is 206 g/mol. The molecule has 2 rings (SSSR count). The lowest BCUT2D eigenvalue weighted by atomic mass is 10.1. The molecule has 1 atom stereocenters. The number of phenols is 1. The SMILES string of the molecule is Cc1cc(NC2CCCSC2)ccc1O. The van der Waals surface area contributed by atoms with Crippen molar-refractivity contribution in [1.82, 2.24) is 0 Å². The molecule has 0 amide bonds. The van der Waals surface area contributed by atoms with Crippen LogP contribution in [0.1, 0.15) is 18.4 Å². The summed E-state index contributed by atoms with van der Waals surface area (Å²) in [4.78, 5) is 0. The molecule has 0 bridgehead atoms. The Kier molecular flexibility index (Phi) is 3.41. The van der Waals surface area contributed by atoms with Gasteiger partial charge in [0.05, 0.1) is 0 Å². The molecule has 15 heavy (non-hydrogen) atoms. The second-order valence-corrected chi connectivity index (χ2v) is 5.21. The Bertz CT molecular complexity index is 334. The van der Waals surface area contributed by atoms with Crippen LogP contribution in [-0.2, 0) is 0 Å².